The topological polar surface area (TPSA) is 17.0 Å². The first-order chi connectivity index (χ1) is 9.51. The second-order valence-electron chi connectivity index (χ2n) is 6.15. The van der Waals surface area contributed by atoms with Gasteiger partial charge in [-0.15, -0.1) is 0 Å². The number of nitrogens with zero attached hydrogens (tertiary/aromatic N) is 1. The third kappa shape index (κ3) is 4.03. The van der Waals surface area contributed by atoms with Crippen molar-refractivity contribution < 1.29 is 0 Å². The Hall–Kier alpha value is -0.930. The van der Waals surface area contributed by atoms with E-state index in [4.69, 9.17) is 0 Å². The number of aryl methyl sites for hydroxylation is 1. The summed E-state index contributed by atoms with van der Waals surface area (Å²) in [6.07, 6.45) is 0. The van der Waals surface area contributed by atoms with Crippen molar-refractivity contribution in [3.63, 3.8) is 0 Å². The van der Waals surface area contributed by atoms with Gasteiger partial charge in [-0.25, -0.2) is 0 Å². The predicted octanol–water partition coefficient (Wildman–Crippen LogP) is 4.28. The van der Waals surface area contributed by atoms with Gasteiger partial charge in [0.05, 0.1) is 0 Å². The minimum Gasteiger partial charge on any atom is -0.342 e. The summed E-state index contributed by atoms with van der Waals surface area (Å²) in [7, 11) is 0. The van der Waals surface area contributed by atoms with Crippen LogP contribution in [-0.4, -0.2) is 21.6 Å². The molecule has 1 N–H and O–H groups in total. The van der Waals surface area contributed by atoms with Crippen LogP contribution in [0.25, 0.3) is 10.9 Å². The zero-order valence-electron chi connectivity index (χ0n) is 13.1. The van der Waals surface area contributed by atoms with E-state index < -0.39 is 0 Å². The van der Waals surface area contributed by atoms with Crippen molar-refractivity contribution in [2.24, 2.45) is 0 Å². The average molecular weight is 290 g/mol. The number of hydrogen-bond acceptors (Lipinski definition) is 2. The van der Waals surface area contributed by atoms with E-state index in [-0.39, 0.29) is 5.54 Å². The Morgan fingerprint density at radius 1 is 1.20 bits per heavy atom. The normalized spacial score (nSPS) is 12.2. The van der Waals surface area contributed by atoms with E-state index in [1.165, 1.54) is 28.1 Å². The molecule has 1 heterocycles. The number of nitrogens with one attached hydrogen (secondary N) is 1. The van der Waals surface area contributed by atoms with E-state index in [1.807, 2.05) is 11.8 Å². The van der Waals surface area contributed by atoms with Crippen molar-refractivity contribution in [3.05, 3.63) is 36.0 Å². The monoisotopic (exact) mass is 290 g/mol. The Morgan fingerprint density at radius 3 is 2.65 bits per heavy atom. The summed E-state index contributed by atoms with van der Waals surface area (Å²) in [6, 6.07) is 11.0. The van der Waals surface area contributed by atoms with E-state index in [1.54, 1.807) is 0 Å². The Labute approximate surface area is 126 Å². The molecule has 0 unspecified atom stereocenters. The molecule has 3 heteroatoms. The molecule has 0 aliphatic heterocycles. The van der Waals surface area contributed by atoms with Crippen molar-refractivity contribution in [2.75, 3.05) is 11.5 Å². The molecular weight excluding hydrogens is 264 g/mol. The first-order valence-corrected chi connectivity index (χ1v) is 8.56. The third-order valence-corrected chi connectivity index (χ3v) is 4.24. The maximum Gasteiger partial charge on any atom is 0.0483 e. The van der Waals surface area contributed by atoms with E-state index in [0.717, 1.165) is 13.1 Å². The number of benzene rings is 1. The zero-order chi connectivity index (χ0) is 14.6. The molecule has 2 aromatic rings. The molecule has 2 rings (SSSR count). The Bertz CT molecular complexity index is 552. The number of aromatic nitrogens is 1. The standard InChI is InChI=1S/C17H26N2S/c1-5-20-11-10-19-15(13-18-17(2,3)4)12-14-8-6-7-9-16(14)19/h6-9,12,18H,5,10-11,13H2,1-4H3. The fourth-order valence-electron chi connectivity index (χ4n) is 2.33. The van der Waals surface area contributed by atoms with Crippen LogP contribution in [0, 0.1) is 0 Å². The van der Waals surface area contributed by atoms with Crippen molar-refractivity contribution in [2.45, 2.75) is 46.3 Å². The molecule has 110 valence electrons. The molecule has 0 fully saturated rings. The largest absolute Gasteiger partial charge is 0.342 e. The third-order valence-electron chi connectivity index (χ3n) is 3.36. The van der Waals surface area contributed by atoms with E-state index in [9.17, 15) is 0 Å². The molecule has 2 nitrogen and oxygen atoms in total. The summed E-state index contributed by atoms with van der Waals surface area (Å²) in [5.41, 5.74) is 2.90. The highest BCUT2D eigenvalue weighted by Gasteiger charge is 2.12. The molecule has 0 atom stereocenters. The molecular formula is C17H26N2S. The van der Waals surface area contributed by atoms with Gasteiger partial charge in [0, 0.05) is 35.6 Å². The molecule has 0 spiro atoms. The molecule has 0 aliphatic rings. The fourth-order valence-corrected chi connectivity index (χ4v) is 2.93. The summed E-state index contributed by atoms with van der Waals surface area (Å²) in [4.78, 5) is 0. The van der Waals surface area contributed by atoms with E-state index in [0.29, 0.717) is 0 Å². The first kappa shape index (κ1) is 15.5. The van der Waals surface area contributed by atoms with Gasteiger partial charge in [-0.2, -0.15) is 11.8 Å². The van der Waals surface area contributed by atoms with Crippen LogP contribution in [0.2, 0.25) is 0 Å². The number of thioether (sulfide) groups is 1. The first-order valence-electron chi connectivity index (χ1n) is 7.41. The number of fused-ring (bicyclic) bond motifs is 1. The Kier molecular flexibility index (Phi) is 5.17. The second-order valence-corrected chi connectivity index (χ2v) is 7.54. The van der Waals surface area contributed by atoms with Crippen LogP contribution in [0.15, 0.2) is 30.3 Å². The highest BCUT2D eigenvalue weighted by atomic mass is 32.2. The van der Waals surface area contributed by atoms with E-state index >= 15 is 0 Å². The number of para-hydroxylation sites is 1. The zero-order valence-corrected chi connectivity index (χ0v) is 13.9. The molecule has 0 saturated carbocycles. The van der Waals surface area contributed by atoms with Crippen molar-refractivity contribution in [3.8, 4) is 0 Å². The molecule has 1 aromatic heterocycles. The van der Waals surface area contributed by atoms with Crippen LogP contribution in [0.5, 0.6) is 0 Å². The van der Waals surface area contributed by atoms with Crippen molar-refractivity contribution in [1.82, 2.24) is 9.88 Å². The van der Waals surface area contributed by atoms with Gasteiger partial charge in [0.1, 0.15) is 0 Å². The molecule has 0 radical (unpaired) electrons. The van der Waals surface area contributed by atoms with Crippen LogP contribution in [-0.2, 0) is 13.1 Å². The van der Waals surface area contributed by atoms with Crippen molar-refractivity contribution >= 4 is 22.7 Å². The van der Waals surface area contributed by atoms with Crippen LogP contribution >= 0.6 is 11.8 Å². The maximum absolute atomic E-state index is 3.60. The molecule has 0 aliphatic carbocycles. The van der Waals surface area contributed by atoms with Crippen LogP contribution in [0.1, 0.15) is 33.4 Å². The van der Waals surface area contributed by atoms with Gasteiger partial charge in [-0.3, -0.25) is 0 Å². The molecule has 20 heavy (non-hydrogen) atoms. The lowest BCUT2D eigenvalue weighted by atomic mass is 10.1. The Balaban J connectivity index is 2.24. The summed E-state index contributed by atoms with van der Waals surface area (Å²) >= 11 is 2.01. The number of rotatable bonds is 6. The highest BCUT2D eigenvalue weighted by Crippen LogP contribution is 2.21. The van der Waals surface area contributed by atoms with E-state index in [2.05, 4.69) is 67.9 Å². The molecule has 1 aromatic carbocycles. The smallest absolute Gasteiger partial charge is 0.0483 e. The molecule has 0 saturated heterocycles. The van der Waals surface area contributed by atoms with Gasteiger partial charge >= 0.3 is 0 Å². The lowest BCUT2D eigenvalue weighted by Crippen LogP contribution is -2.35. The summed E-state index contributed by atoms with van der Waals surface area (Å²) < 4.78 is 2.47. The molecule has 0 amide bonds. The quantitative estimate of drug-likeness (QED) is 0.800. The molecule has 0 bridgehead atoms. The van der Waals surface area contributed by atoms with Gasteiger partial charge in [0.2, 0.25) is 0 Å². The van der Waals surface area contributed by atoms with Crippen molar-refractivity contribution in [1.29, 1.82) is 0 Å². The van der Waals surface area contributed by atoms with Crippen LogP contribution in [0.3, 0.4) is 0 Å². The maximum atomic E-state index is 3.60. The fraction of sp³-hybridized carbons (Fsp3) is 0.529. The summed E-state index contributed by atoms with van der Waals surface area (Å²) in [5.74, 6) is 2.37. The van der Waals surface area contributed by atoms with Crippen LogP contribution < -0.4 is 5.32 Å². The van der Waals surface area contributed by atoms with Gasteiger partial charge in [-0.05, 0) is 44.0 Å². The van der Waals surface area contributed by atoms with Gasteiger partial charge < -0.3 is 9.88 Å². The predicted molar refractivity (Wildman–Crippen MR) is 91.5 cm³/mol. The van der Waals surface area contributed by atoms with Gasteiger partial charge in [-0.1, -0.05) is 25.1 Å². The summed E-state index contributed by atoms with van der Waals surface area (Å²) in [6.45, 7) is 10.9. The van der Waals surface area contributed by atoms with Crippen LogP contribution in [0.4, 0.5) is 0 Å². The van der Waals surface area contributed by atoms with Gasteiger partial charge in [0.15, 0.2) is 0 Å². The number of hydrogen-bond donors (Lipinski definition) is 1. The minimum atomic E-state index is 0.152. The second kappa shape index (κ2) is 6.68. The average Bonchev–Trinajstić information content (AvgIpc) is 2.74. The Morgan fingerprint density at radius 2 is 1.95 bits per heavy atom. The highest BCUT2D eigenvalue weighted by molar-refractivity contribution is 7.99. The minimum absolute atomic E-state index is 0.152. The lowest BCUT2D eigenvalue weighted by molar-refractivity contribution is 0.417. The van der Waals surface area contributed by atoms with Gasteiger partial charge in [0.25, 0.3) is 0 Å². The summed E-state index contributed by atoms with van der Waals surface area (Å²) in [5, 5.41) is 4.95. The lowest BCUT2D eigenvalue weighted by Gasteiger charge is -2.21. The SMILES string of the molecule is CCSCCn1c(CNC(C)(C)C)cc2ccccc21.